The van der Waals surface area contributed by atoms with Crippen molar-refractivity contribution in [2.24, 2.45) is 0 Å². The summed E-state index contributed by atoms with van der Waals surface area (Å²) in [4.78, 5) is 20.7. The van der Waals surface area contributed by atoms with E-state index in [-0.39, 0.29) is 0 Å². The minimum Gasteiger partial charge on any atom is -0.463 e. The number of aromatic nitrogens is 1. The summed E-state index contributed by atoms with van der Waals surface area (Å²) in [5.74, 6) is -1.51. The van der Waals surface area contributed by atoms with E-state index < -0.39 is 23.1 Å². The van der Waals surface area contributed by atoms with E-state index >= 15 is 0 Å². The van der Waals surface area contributed by atoms with Crippen LogP contribution in [-0.4, -0.2) is 46.9 Å². The number of amides is 1. The van der Waals surface area contributed by atoms with E-state index in [9.17, 15) is 13.6 Å². The highest BCUT2D eigenvalue weighted by atomic mass is 32.1. The molecule has 1 amide bonds. The van der Waals surface area contributed by atoms with Crippen LogP contribution in [0, 0.1) is 11.6 Å². The zero-order valence-corrected chi connectivity index (χ0v) is 15.2. The smallest absolute Gasteiger partial charge is 0.259 e. The third kappa shape index (κ3) is 3.77. The predicted octanol–water partition coefficient (Wildman–Crippen LogP) is 3.64. The van der Waals surface area contributed by atoms with Gasteiger partial charge in [-0.25, -0.2) is 13.8 Å². The molecule has 0 radical (unpaired) electrons. The number of furan rings is 1. The highest BCUT2D eigenvalue weighted by molar-refractivity contribution is 7.09. The average Bonchev–Trinajstić information content (AvgIpc) is 3.33. The van der Waals surface area contributed by atoms with Gasteiger partial charge in [-0.15, -0.1) is 11.3 Å². The number of hydrogen-bond donors (Lipinski definition) is 0. The molecule has 2 aromatic heterocycles. The molecule has 0 N–H and O–H groups in total. The summed E-state index contributed by atoms with van der Waals surface area (Å²) in [5, 5.41) is 2.91. The number of thiazole rings is 1. The van der Waals surface area contributed by atoms with E-state index in [0.717, 1.165) is 28.6 Å². The van der Waals surface area contributed by atoms with Gasteiger partial charge in [0, 0.05) is 31.6 Å². The summed E-state index contributed by atoms with van der Waals surface area (Å²) >= 11 is 1.56. The molecule has 0 saturated carbocycles. The van der Waals surface area contributed by atoms with E-state index in [2.05, 4.69) is 9.88 Å². The third-order valence-corrected chi connectivity index (χ3v) is 5.35. The summed E-state index contributed by atoms with van der Waals surface area (Å²) < 4.78 is 33.0. The number of benzene rings is 1. The van der Waals surface area contributed by atoms with Gasteiger partial charge < -0.3 is 9.32 Å². The first-order valence-corrected chi connectivity index (χ1v) is 9.43. The quantitative estimate of drug-likeness (QED) is 0.684. The number of carbonyl (C=O) groups excluding carboxylic acids is 1. The lowest BCUT2D eigenvalue weighted by Gasteiger charge is -2.34. The molecule has 1 fully saturated rings. The molecule has 8 heteroatoms. The monoisotopic (exact) mass is 389 g/mol. The number of piperazine rings is 1. The molecule has 0 atom stereocenters. The van der Waals surface area contributed by atoms with Gasteiger partial charge in [0.2, 0.25) is 0 Å². The molecule has 3 aromatic rings. The van der Waals surface area contributed by atoms with Crippen LogP contribution in [0.2, 0.25) is 0 Å². The Morgan fingerprint density at radius 3 is 2.52 bits per heavy atom. The van der Waals surface area contributed by atoms with Crippen LogP contribution in [-0.2, 0) is 6.54 Å². The lowest BCUT2D eigenvalue weighted by Crippen LogP contribution is -2.48. The zero-order valence-electron chi connectivity index (χ0n) is 14.4. The minimum atomic E-state index is -0.823. The van der Waals surface area contributed by atoms with E-state index in [4.69, 9.17) is 4.42 Å². The van der Waals surface area contributed by atoms with Crippen LogP contribution >= 0.6 is 11.3 Å². The molecule has 1 aromatic carbocycles. The number of nitrogens with zero attached hydrogens (tertiary/aromatic N) is 3. The van der Waals surface area contributed by atoms with Crippen molar-refractivity contribution < 1.29 is 18.0 Å². The van der Waals surface area contributed by atoms with Crippen LogP contribution < -0.4 is 0 Å². The van der Waals surface area contributed by atoms with Gasteiger partial charge in [-0.05, 0) is 24.3 Å². The first-order chi connectivity index (χ1) is 13.1. The fourth-order valence-corrected chi connectivity index (χ4v) is 3.91. The largest absolute Gasteiger partial charge is 0.463 e. The molecular weight excluding hydrogens is 372 g/mol. The van der Waals surface area contributed by atoms with Gasteiger partial charge in [-0.3, -0.25) is 9.69 Å². The molecular formula is C19H17F2N3O2S. The van der Waals surface area contributed by atoms with E-state index in [1.54, 1.807) is 17.6 Å². The van der Waals surface area contributed by atoms with Crippen LogP contribution in [0.1, 0.15) is 15.4 Å². The highest BCUT2D eigenvalue weighted by Gasteiger charge is 2.26. The Morgan fingerprint density at radius 1 is 1.11 bits per heavy atom. The SMILES string of the molecule is O=C(c1c(F)cccc1F)N1CCN(Cc2nc(-c3ccco3)cs2)CC1. The highest BCUT2D eigenvalue weighted by Crippen LogP contribution is 2.23. The Morgan fingerprint density at radius 2 is 1.85 bits per heavy atom. The van der Waals surface area contributed by atoms with Crippen LogP contribution in [0.15, 0.2) is 46.4 Å². The van der Waals surface area contributed by atoms with Gasteiger partial charge in [0.05, 0.1) is 12.8 Å². The molecule has 140 valence electrons. The first-order valence-electron chi connectivity index (χ1n) is 8.56. The van der Waals surface area contributed by atoms with Crippen LogP contribution in [0.5, 0.6) is 0 Å². The Kier molecular flexibility index (Phi) is 5.00. The van der Waals surface area contributed by atoms with Crippen molar-refractivity contribution in [3.05, 3.63) is 64.2 Å². The lowest BCUT2D eigenvalue weighted by molar-refractivity contribution is 0.0619. The van der Waals surface area contributed by atoms with Gasteiger partial charge in [0.15, 0.2) is 5.76 Å². The topological polar surface area (TPSA) is 49.6 Å². The fraction of sp³-hybridized carbons (Fsp3) is 0.263. The fourth-order valence-electron chi connectivity index (χ4n) is 3.08. The number of halogens is 2. The van der Waals surface area contributed by atoms with Gasteiger partial charge in [-0.1, -0.05) is 6.07 Å². The van der Waals surface area contributed by atoms with Crippen molar-refractivity contribution in [1.82, 2.24) is 14.8 Å². The molecule has 0 spiro atoms. The van der Waals surface area contributed by atoms with Crippen molar-refractivity contribution in [2.45, 2.75) is 6.54 Å². The normalized spacial score (nSPS) is 15.3. The molecule has 5 nitrogen and oxygen atoms in total. The summed E-state index contributed by atoms with van der Waals surface area (Å²) in [6.45, 7) is 2.75. The molecule has 27 heavy (non-hydrogen) atoms. The molecule has 4 rings (SSSR count). The van der Waals surface area contributed by atoms with Gasteiger partial charge in [0.25, 0.3) is 5.91 Å². The number of carbonyl (C=O) groups is 1. The Hall–Kier alpha value is -2.58. The lowest BCUT2D eigenvalue weighted by atomic mass is 10.1. The van der Waals surface area contributed by atoms with Gasteiger partial charge in [-0.2, -0.15) is 0 Å². The van der Waals surface area contributed by atoms with E-state index in [1.165, 1.54) is 11.0 Å². The maximum absolute atomic E-state index is 13.8. The Balaban J connectivity index is 1.36. The minimum absolute atomic E-state index is 0.420. The molecule has 1 aliphatic rings. The second-order valence-electron chi connectivity index (χ2n) is 6.27. The standard InChI is InChI=1S/C19H17F2N3O2S/c20-13-3-1-4-14(21)18(13)19(25)24-8-6-23(7-9-24)11-17-22-15(12-27-17)16-5-2-10-26-16/h1-5,10,12H,6-9,11H2. The van der Waals surface area contributed by atoms with E-state index in [0.29, 0.717) is 32.7 Å². The number of hydrogen-bond acceptors (Lipinski definition) is 5. The molecule has 0 bridgehead atoms. The first kappa shape index (κ1) is 17.8. The van der Waals surface area contributed by atoms with E-state index in [1.807, 2.05) is 17.5 Å². The van der Waals surface area contributed by atoms with Gasteiger partial charge in [0.1, 0.15) is 27.9 Å². The average molecular weight is 389 g/mol. The maximum Gasteiger partial charge on any atom is 0.259 e. The Bertz CT molecular complexity index is 914. The summed E-state index contributed by atoms with van der Waals surface area (Å²) in [6.07, 6.45) is 1.61. The van der Waals surface area contributed by atoms with Crippen LogP contribution in [0.3, 0.4) is 0 Å². The molecule has 0 unspecified atom stereocenters. The van der Waals surface area contributed by atoms with Crippen LogP contribution in [0.25, 0.3) is 11.5 Å². The zero-order chi connectivity index (χ0) is 18.8. The summed E-state index contributed by atoms with van der Waals surface area (Å²) in [6, 6.07) is 7.15. The maximum atomic E-state index is 13.8. The van der Waals surface area contributed by atoms with Crippen molar-refractivity contribution in [3.63, 3.8) is 0 Å². The van der Waals surface area contributed by atoms with Crippen molar-refractivity contribution in [2.75, 3.05) is 26.2 Å². The second kappa shape index (κ2) is 7.58. The van der Waals surface area contributed by atoms with Crippen molar-refractivity contribution >= 4 is 17.2 Å². The molecule has 1 saturated heterocycles. The molecule has 1 aliphatic heterocycles. The van der Waals surface area contributed by atoms with Gasteiger partial charge >= 0.3 is 0 Å². The third-order valence-electron chi connectivity index (χ3n) is 4.52. The number of rotatable bonds is 4. The van der Waals surface area contributed by atoms with Crippen molar-refractivity contribution in [1.29, 1.82) is 0 Å². The predicted molar refractivity (Wildman–Crippen MR) is 97.4 cm³/mol. The molecule has 3 heterocycles. The van der Waals surface area contributed by atoms with Crippen molar-refractivity contribution in [3.8, 4) is 11.5 Å². The Labute approximate surface area is 158 Å². The summed E-state index contributed by atoms with van der Waals surface area (Å²) in [7, 11) is 0. The second-order valence-corrected chi connectivity index (χ2v) is 7.21. The summed E-state index contributed by atoms with van der Waals surface area (Å²) in [5.41, 5.74) is 0.331. The van der Waals surface area contributed by atoms with Crippen LogP contribution in [0.4, 0.5) is 8.78 Å². The molecule has 0 aliphatic carbocycles.